The SMILES string of the molecule is COCCn1cc(-c2ccc3c(c2)N(C(=O)c2ccco2)CC(C)N3C(C)=O)cn1. The summed E-state index contributed by atoms with van der Waals surface area (Å²) >= 11 is 0. The maximum atomic E-state index is 13.1. The molecule has 30 heavy (non-hydrogen) atoms. The molecule has 3 heterocycles. The molecule has 156 valence electrons. The minimum Gasteiger partial charge on any atom is -0.459 e. The van der Waals surface area contributed by atoms with Crippen molar-refractivity contribution in [1.29, 1.82) is 0 Å². The number of hydrogen-bond acceptors (Lipinski definition) is 5. The third kappa shape index (κ3) is 3.61. The molecule has 8 heteroatoms. The van der Waals surface area contributed by atoms with Gasteiger partial charge in [-0.1, -0.05) is 6.07 Å². The van der Waals surface area contributed by atoms with Crippen LogP contribution in [0.15, 0.2) is 53.4 Å². The van der Waals surface area contributed by atoms with Crippen molar-refractivity contribution >= 4 is 23.2 Å². The molecule has 1 aromatic carbocycles. The largest absolute Gasteiger partial charge is 0.459 e. The Kier molecular flexibility index (Phi) is 5.41. The molecule has 0 fully saturated rings. The lowest BCUT2D eigenvalue weighted by Gasteiger charge is -2.40. The van der Waals surface area contributed by atoms with Gasteiger partial charge >= 0.3 is 0 Å². The molecule has 0 aliphatic carbocycles. The lowest BCUT2D eigenvalue weighted by molar-refractivity contribution is -0.117. The van der Waals surface area contributed by atoms with E-state index in [-0.39, 0.29) is 23.6 Å². The Bertz CT molecular complexity index is 1060. The zero-order valence-corrected chi connectivity index (χ0v) is 17.2. The Morgan fingerprint density at radius 1 is 1.23 bits per heavy atom. The van der Waals surface area contributed by atoms with Crippen LogP contribution < -0.4 is 9.80 Å². The summed E-state index contributed by atoms with van der Waals surface area (Å²) in [7, 11) is 1.65. The van der Waals surface area contributed by atoms with E-state index in [1.807, 2.05) is 36.0 Å². The third-order valence-electron chi connectivity index (χ3n) is 5.22. The van der Waals surface area contributed by atoms with E-state index in [0.717, 1.165) is 11.1 Å². The molecule has 0 spiro atoms. The molecule has 0 saturated heterocycles. The number of aromatic nitrogens is 2. The fourth-order valence-corrected chi connectivity index (χ4v) is 3.83. The molecule has 1 atom stereocenters. The predicted octanol–water partition coefficient (Wildman–Crippen LogP) is 3.19. The summed E-state index contributed by atoms with van der Waals surface area (Å²) in [4.78, 5) is 28.8. The highest BCUT2D eigenvalue weighted by molar-refractivity contribution is 6.10. The van der Waals surface area contributed by atoms with E-state index >= 15 is 0 Å². The maximum Gasteiger partial charge on any atom is 0.294 e. The summed E-state index contributed by atoms with van der Waals surface area (Å²) in [5, 5.41) is 4.37. The van der Waals surface area contributed by atoms with Crippen molar-refractivity contribution in [2.24, 2.45) is 0 Å². The van der Waals surface area contributed by atoms with Gasteiger partial charge in [-0.2, -0.15) is 5.10 Å². The van der Waals surface area contributed by atoms with E-state index in [2.05, 4.69) is 5.10 Å². The Morgan fingerprint density at radius 3 is 2.77 bits per heavy atom. The zero-order chi connectivity index (χ0) is 21.3. The summed E-state index contributed by atoms with van der Waals surface area (Å²) in [5.41, 5.74) is 3.21. The van der Waals surface area contributed by atoms with Crippen LogP contribution in [0.3, 0.4) is 0 Å². The van der Waals surface area contributed by atoms with Crippen LogP contribution in [0, 0.1) is 0 Å². The standard InChI is InChI=1S/C22H24N4O4/c1-15-13-25(22(28)21-5-4-9-30-21)20-11-17(6-7-19(20)26(15)16(2)27)18-12-23-24(14-18)8-10-29-3/h4-7,9,11-12,14-15H,8,10,13H2,1-3H3. The van der Waals surface area contributed by atoms with Gasteiger partial charge < -0.3 is 19.0 Å². The van der Waals surface area contributed by atoms with Crippen LogP contribution in [0.25, 0.3) is 11.1 Å². The summed E-state index contributed by atoms with van der Waals surface area (Å²) in [6.45, 7) is 5.07. The van der Waals surface area contributed by atoms with E-state index in [1.54, 1.807) is 35.2 Å². The number of nitrogens with zero attached hydrogens (tertiary/aromatic N) is 4. The average molecular weight is 408 g/mol. The van der Waals surface area contributed by atoms with E-state index in [0.29, 0.717) is 31.1 Å². The van der Waals surface area contributed by atoms with Crippen LogP contribution in [0.2, 0.25) is 0 Å². The molecule has 1 unspecified atom stereocenters. The molecular weight excluding hydrogens is 384 g/mol. The number of carbonyl (C=O) groups excluding carboxylic acids is 2. The van der Waals surface area contributed by atoms with Crippen LogP contribution in [-0.2, 0) is 16.1 Å². The minimum absolute atomic E-state index is 0.0611. The first-order valence-corrected chi connectivity index (χ1v) is 9.80. The molecule has 3 aromatic rings. The number of fused-ring (bicyclic) bond motifs is 1. The average Bonchev–Trinajstić information content (AvgIpc) is 3.42. The van der Waals surface area contributed by atoms with E-state index in [4.69, 9.17) is 9.15 Å². The molecule has 0 radical (unpaired) electrons. The number of ether oxygens (including phenoxy) is 1. The van der Waals surface area contributed by atoms with Gasteiger partial charge in [-0.25, -0.2) is 0 Å². The predicted molar refractivity (Wildman–Crippen MR) is 113 cm³/mol. The molecule has 0 saturated carbocycles. The van der Waals surface area contributed by atoms with E-state index in [1.165, 1.54) is 13.2 Å². The normalized spacial score (nSPS) is 15.9. The first-order chi connectivity index (χ1) is 14.5. The smallest absolute Gasteiger partial charge is 0.294 e. The Hall–Kier alpha value is -3.39. The van der Waals surface area contributed by atoms with Gasteiger partial charge in [0.1, 0.15) is 0 Å². The Balaban J connectivity index is 1.76. The van der Waals surface area contributed by atoms with Crippen molar-refractivity contribution in [3.8, 4) is 11.1 Å². The van der Waals surface area contributed by atoms with Gasteiger partial charge in [0.25, 0.3) is 5.91 Å². The van der Waals surface area contributed by atoms with Gasteiger partial charge in [-0.15, -0.1) is 0 Å². The topological polar surface area (TPSA) is 80.8 Å². The van der Waals surface area contributed by atoms with Crippen molar-refractivity contribution in [2.45, 2.75) is 26.4 Å². The molecule has 1 aliphatic rings. The molecule has 2 amide bonds. The molecule has 1 aliphatic heterocycles. The molecular formula is C22H24N4O4. The zero-order valence-electron chi connectivity index (χ0n) is 17.2. The molecule has 8 nitrogen and oxygen atoms in total. The van der Waals surface area contributed by atoms with E-state index < -0.39 is 0 Å². The van der Waals surface area contributed by atoms with E-state index in [9.17, 15) is 9.59 Å². The highest BCUT2D eigenvalue weighted by atomic mass is 16.5. The summed E-state index contributed by atoms with van der Waals surface area (Å²) < 4.78 is 12.2. The molecule has 0 bridgehead atoms. The minimum atomic E-state index is -0.232. The molecule has 4 rings (SSSR count). The van der Waals surface area contributed by atoms with Crippen molar-refractivity contribution < 1.29 is 18.7 Å². The van der Waals surface area contributed by atoms with Crippen LogP contribution in [0.5, 0.6) is 0 Å². The highest BCUT2D eigenvalue weighted by Gasteiger charge is 2.35. The summed E-state index contributed by atoms with van der Waals surface area (Å²) in [6, 6.07) is 8.94. The second kappa shape index (κ2) is 8.16. The van der Waals surface area contributed by atoms with Crippen LogP contribution >= 0.6 is 0 Å². The van der Waals surface area contributed by atoms with Gasteiger partial charge in [-0.05, 0) is 36.8 Å². The Morgan fingerprint density at radius 2 is 2.07 bits per heavy atom. The second-order valence-corrected chi connectivity index (χ2v) is 7.32. The first kappa shape index (κ1) is 19.9. The number of benzene rings is 1. The van der Waals surface area contributed by atoms with Crippen molar-refractivity contribution in [1.82, 2.24) is 9.78 Å². The van der Waals surface area contributed by atoms with Gasteiger partial charge in [0.2, 0.25) is 5.91 Å². The summed E-state index contributed by atoms with van der Waals surface area (Å²) in [6.07, 6.45) is 5.20. The van der Waals surface area contributed by atoms with Crippen molar-refractivity contribution in [3.05, 3.63) is 54.7 Å². The number of amides is 2. The highest BCUT2D eigenvalue weighted by Crippen LogP contribution is 2.39. The third-order valence-corrected chi connectivity index (χ3v) is 5.22. The number of methoxy groups -OCH3 is 1. The van der Waals surface area contributed by atoms with Gasteiger partial charge in [0.05, 0.1) is 43.0 Å². The number of anilines is 2. The Labute approximate surface area is 174 Å². The van der Waals surface area contributed by atoms with Gasteiger partial charge in [0, 0.05) is 32.3 Å². The summed E-state index contributed by atoms with van der Waals surface area (Å²) in [5.74, 6) is -0.0274. The van der Waals surface area contributed by atoms with Crippen molar-refractivity contribution in [3.63, 3.8) is 0 Å². The number of rotatable bonds is 5. The molecule has 2 aromatic heterocycles. The second-order valence-electron chi connectivity index (χ2n) is 7.32. The number of furan rings is 1. The monoisotopic (exact) mass is 408 g/mol. The number of carbonyl (C=O) groups is 2. The number of hydrogen-bond donors (Lipinski definition) is 0. The van der Waals surface area contributed by atoms with Crippen LogP contribution in [0.1, 0.15) is 24.4 Å². The van der Waals surface area contributed by atoms with Gasteiger partial charge in [0.15, 0.2) is 5.76 Å². The quantitative estimate of drug-likeness (QED) is 0.648. The lowest BCUT2D eigenvalue weighted by Crippen LogP contribution is -2.51. The fraction of sp³-hybridized carbons (Fsp3) is 0.318. The first-order valence-electron chi connectivity index (χ1n) is 9.80. The van der Waals surface area contributed by atoms with Crippen LogP contribution in [-0.4, -0.2) is 47.9 Å². The van der Waals surface area contributed by atoms with Crippen LogP contribution in [0.4, 0.5) is 11.4 Å². The lowest BCUT2D eigenvalue weighted by atomic mass is 10.0. The molecule has 0 N–H and O–H groups in total. The fourth-order valence-electron chi connectivity index (χ4n) is 3.83. The van der Waals surface area contributed by atoms with Crippen molar-refractivity contribution in [2.75, 3.05) is 30.1 Å². The maximum absolute atomic E-state index is 13.1. The van der Waals surface area contributed by atoms with Gasteiger partial charge in [-0.3, -0.25) is 14.3 Å².